The van der Waals surface area contributed by atoms with E-state index >= 15 is 0 Å². The molecular formula is C38H62N8O9. The van der Waals surface area contributed by atoms with Gasteiger partial charge in [0.15, 0.2) is 5.78 Å². The molecule has 0 aromatic heterocycles. The van der Waals surface area contributed by atoms with Crippen molar-refractivity contribution in [3.05, 3.63) is 29.8 Å². The molecule has 55 heavy (non-hydrogen) atoms. The van der Waals surface area contributed by atoms with E-state index in [0.717, 1.165) is 0 Å². The molecular weight excluding hydrogens is 712 g/mol. The van der Waals surface area contributed by atoms with Crippen LogP contribution in [0.1, 0.15) is 96.5 Å². The second-order valence-corrected chi connectivity index (χ2v) is 14.7. The van der Waals surface area contributed by atoms with Crippen LogP contribution in [0.25, 0.3) is 0 Å². The van der Waals surface area contributed by atoms with E-state index in [1.807, 2.05) is 13.8 Å². The van der Waals surface area contributed by atoms with Crippen molar-refractivity contribution in [2.45, 2.75) is 128 Å². The maximum atomic E-state index is 14.1. The number of aromatic hydroxyl groups is 1. The highest BCUT2D eigenvalue weighted by Crippen LogP contribution is 2.19. The molecule has 1 fully saturated rings. The van der Waals surface area contributed by atoms with Gasteiger partial charge < -0.3 is 54.0 Å². The summed E-state index contributed by atoms with van der Waals surface area (Å²) in [6, 6.07) is 0.219. The Bertz CT molecular complexity index is 1420. The number of amides is 5. The molecule has 5 amide bonds. The van der Waals surface area contributed by atoms with Crippen molar-refractivity contribution < 1.29 is 43.8 Å². The van der Waals surface area contributed by atoms with Gasteiger partial charge in [-0.25, -0.2) is 0 Å². The Kier molecular flexibility index (Phi) is 20.9. The first-order valence-corrected chi connectivity index (χ1v) is 19.3. The fourth-order valence-electron chi connectivity index (χ4n) is 6.29. The number of aliphatic carboxylic acids is 1. The van der Waals surface area contributed by atoms with Gasteiger partial charge >= 0.3 is 5.97 Å². The number of nitrogens with two attached hydrogens (primary N) is 3. The van der Waals surface area contributed by atoms with Gasteiger partial charge in [-0.05, 0) is 107 Å². The largest absolute Gasteiger partial charge is 0.508 e. The summed E-state index contributed by atoms with van der Waals surface area (Å²) < 4.78 is 0. The van der Waals surface area contributed by atoms with Crippen LogP contribution in [0.2, 0.25) is 0 Å². The monoisotopic (exact) mass is 774 g/mol. The maximum Gasteiger partial charge on any atom is 0.306 e. The predicted octanol–water partition coefficient (Wildman–Crippen LogP) is -0.144. The van der Waals surface area contributed by atoms with Gasteiger partial charge in [-0.2, -0.15) is 0 Å². The van der Waals surface area contributed by atoms with Crippen LogP contribution >= 0.6 is 0 Å². The summed E-state index contributed by atoms with van der Waals surface area (Å²) in [4.78, 5) is 93.0. The Balaban J connectivity index is 2.46. The lowest BCUT2D eigenvalue weighted by Crippen LogP contribution is -2.58. The van der Waals surface area contributed by atoms with Crippen LogP contribution < -0.4 is 43.8 Å². The number of benzene rings is 1. The van der Waals surface area contributed by atoms with Gasteiger partial charge in [-0.1, -0.05) is 26.0 Å². The van der Waals surface area contributed by atoms with E-state index in [4.69, 9.17) is 17.2 Å². The molecule has 0 radical (unpaired) electrons. The highest BCUT2D eigenvalue weighted by atomic mass is 16.4. The molecule has 0 unspecified atom stereocenters. The summed E-state index contributed by atoms with van der Waals surface area (Å²) in [7, 11) is 0. The maximum absolute atomic E-state index is 14.1. The highest BCUT2D eigenvalue weighted by Gasteiger charge is 2.33. The summed E-state index contributed by atoms with van der Waals surface area (Å²) in [5.41, 5.74) is 17.9. The summed E-state index contributed by atoms with van der Waals surface area (Å²) in [5, 5.41) is 33.2. The molecule has 2 rings (SSSR count). The molecule has 1 aliphatic heterocycles. The van der Waals surface area contributed by atoms with Crippen molar-refractivity contribution in [3.63, 3.8) is 0 Å². The number of carbonyl (C=O) groups excluding carboxylic acids is 6. The number of hydrogen-bond acceptors (Lipinski definition) is 11. The number of carboxylic acid groups (broad SMARTS) is 1. The number of phenolic OH excluding ortho intramolecular Hbond substituents is 1. The van der Waals surface area contributed by atoms with Gasteiger partial charge in [0.2, 0.25) is 29.5 Å². The van der Waals surface area contributed by atoms with Crippen LogP contribution in [0, 0.1) is 11.8 Å². The van der Waals surface area contributed by atoms with Gasteiger partial charge in [0.25, 0.3) is 0 Å². The van der Waals surface area contributed by atoms with Crippen molar-refractivity contribution in [3.8, 4) is 5.75 Å². The minimum Gasteiger partial charge on any atom is -0.508 e. The molecule has 1 aliphatic rings. The van der Waals surface area contributed by atoms with Gasteiger partial charge in [0.05, 0.1) is 24.4 Å². The molecule has 1 heterocycles. The van der Waals surface area contributed by atoms with E-state index < -0.39 is 77.4 Å². The number of Topliss-reactive ketones (excluding diaryl/α,β-unsaturated/α-hetero) is 1. The highest BCUT2D eigenvalue weighted by molar-refractivity contribution is 5.97. The predicted molar refractivity (Wildman–Crippen MR) is 205 cm³/mol. The molecule has 1 aromatic rings. The number of unbranched alkanes of at least 4 members (excludes halogenated alkanes) is 2. The molecule has 17 heteroatoms. The second kappa shape index (κ2) is 24.7. The van der Waals surface area contributed by atoms with Crippen LogP contribution in [0.5, 0.6) is 5.75 Å². The fraction of sp³-hybridized carbons (Fsp3) is 0.658. The van der Waals surface area contributed by atoms with Gasteiger partial charge in [0, 0.05) is 13.0 Å². The molecule has 308 valence electrons. The van der Waals surface area contributed by atoms with E-state index in [1.54, 1.807) is 12.1 Å². The van der Waals surface area contributed by atoms with E-state index in [2.05, 4.69) is 26.6 Å². The quantitative estimate of drug-likeness (QED) is 0.0872. The number of ketones is 1. The van der Waals surface area contributed by atoms with Crippen LogP contribution in [0.4, 0.5) is 0 Å². The number of carbonyl (C=O) groups is 7. The zero-order valence-electron chi connectivity index (χ0n) is 32.1. The Labute approximate surface area is 323 Å². The van der Waals surface area contributed by atoms with Crippen LogP contribution in [0.15, 0.2) is 24.3 Å². The van der Waals surface area contributed by atoms with E-state index in [0.29, 0.717) is 57.2 Å². The van der Waals surface area contributed by atoms with Gasteiger partial charge in [-0.3, -0.25) is 33.6 Å². The lowest BCUT2D eigenvalue weighted by atomic mass is 9.89. The standard InChI is InChI=1S/C38H62N8O9/c1-23(2)19-25(38(54)55)21-32(48)31(20-24-12-14-26(47)15-13-24)46-37(53)30-11-5-8-18-42-33(49)22-27(41)34(50)43-28(9-3-6-16-39)35(51)44-29(36(52)45-30)10-4-7-17-40/h12-15,23,25,27-31,47H,3-11,16-22,39-41H2,1-2H3,(H,42,49)(H,43,50)(H,44,51)(H,45,52)(H,46,53)(H,54,55)/t25-,27+,28+,29+,30+,31+/m1/s1. The van der Waals surface area contributed by atoms with E-state index in [9.17, 15) is 43.8 Å². The van der Waals surface area contributed by atoms with Crippen molar-refractivity contribution in [2.24, 2.45) is 29.0 Å². The van der Waals surface area contributed by atoms with Crippen LogP contribution in [0.3, 0.4) is 0 Å². The summed E-state index contributed by atoms with van der Waals surface area (Å²) in [6.07, 6.45) is 2.78. The third-order valence-corrected chi connectivity index (χ3v) is 9.41. The first kappa shape index (κ1) is 46.5. The molecule has 13 N–H and O–H groups in total. The van der Waals surface area contributed by atoms with E-state index in [-0.39, 0.29) is 63.2 Å². The average molecular weight is 775 g/mol. The molecule has 0 saturated carbocycles. The van der Waals surface area contributed by atoms with Crippen molar-refractivity contribution >= 4 is 41.3 Å². The molecule has 0 spiro atoms. The third-order valence-electron chi connectivity index (χ3n) is 9.41. The summed E-state index contributed by atoms with van der Waals surface area (Å²) >= 11 is 0. The molecule has 17 nitrogen and oxygen atoms in total. The van der Waals surface area contributed by atoms with Crippen molar-refractivity contribution in [2.75, 3.05) is 19.6 Å². The number of nitrogens with one attached hydrogen (secondary N) is 5. The zero-order chi connectivity index (χ0) is 40.9. The normalized spacial score (nSPS) is 21.6. The van der Waals surface area contributed by atoms with E-state index in [1.165, 1.54) is 12.1 Å². The van der Waals surface area contributed by atoms with Crippen molar-refractivity contribution in [1.29, 1.82) is 0 Å². The Hall–Kier alpha value is -4.61. The first-order chi connectivity index (χ1) is 26.1. The smallest absolute Gasteiger partial charge is 0.306 e. The molecule has 6 atom stereocenters. The summed E-state index contributed by atoms with van der Waals surface area (Å²) in [5.74, 6) is -5.84. The number of rotatable bonds is 18. The lowest BCUT2D eigenvalue weighted by Gasteiger charge is -2.27. The SMILES string of the molecule is CC(C)C[C@H](CC(=O)[C@H](Cc1ccc(O)cc1)NC(=O)[C@@H]1CCCCNC(=O)C[C@H](N)C(=O)N[C@@H](CCCCN)C(=O)N[C@@H](CCCCN)C(=O)N1)C(=O)O. The number of carboxylic acids is 1. The minimum atomic E-state index is -1.23. The molecule has 1 saturated heterocycles. The third kappa shape index (κ3) is 17.6. The Morgan fingerprint density at radius 3 is 2.00 bits per heavy atom. The number of hydrogen-bond donors (Lipinski definition) is 10. The molecule has 0 bridgehead atoms. The Morgan fingerprint density at radius 2 is 1.44 bits per heavy atom. The van der Waals surface area contributed by atoms with Crippen molar-refractivity contribution in [1.82, 2.24) is 26.6 Å². The molecule has 0 aliphatic carbocycles. The Morgan fingerprint density at radius 1 is 0.855 bits per heavy atom. The van der Waals surface area contributed by atoms with Gasteiger partial charge in [0.1, 0.15) is 23.9 Å². The summed E-state index contributed by atoms with van der Waals surface area (Å²) in [6.45, 7) is 4.58. The average Bonchev–Trinajstić information content (AvgIpc) is 3.12. The van der Waals surface area contributed by atoms with Crippen LogP contribution in [-0.2, 0) is 40.0 Å². The first-order valence-electron chi connectivity index (χ1n) is 19.3. The number of phenols is 1. The lowest BCUT2D eigenvalue weighted by molar-refractivity contribution is -0.144. The fourth-order valence-corrected chi connectivity index (χ4v) is 6.29. The molecule has 1 aromatic carbocycles. The topological polar surface area (TPSA) is 298 Å². The minimum absolute atomic E-state index is 0.000623. The van der Waals surface area contributed by atoms with Gasteiger partial charge in [-0.15, -0.1) is 0 Å². The second-order valence-electron chi connectivity index (χ2n) is 14.7. The van der Waals surface area contributed by atoms with Crippen LogP contribution in [-0.4, -0.2) is 101 Å². The zero-order valence-corrected chi connectivity index (χ0v) is 32.1.